The molecule has 0 spiro atoms. The lowest BCUT2D eigenvalue weighted by Gasteiger charge is -2.34. The molecule has 2 aliphatic carbocycles. The maximum Gasteiger partial charge on any atom is 0.317 e. The zero-order valence-corrected chi connectivity index (χ0v) is 12.6. The Labute approximate surface area is 125 Å². The summed E-state index contributed by atoms with van der Waals surface area (Å²) in [5.74, 6) is 1.77. The second kappa shape index (κ2) is 5.83. The fraction of sp³-hybridized carbons (Fsp3) is 0.867. The minimum atomic E-state index is -0.678. The second-order valence-electron chi connectivity index (χ2n) is 6.78. The van der Waals surface area contributed by atoms with Gasteiger partial charge < -0.3 is 20.7 Å². The van der Waals surface area contributed by atoms with Gasteiger partial charge in [-0.2, -0.15) is 0 Å². The smallest absolute Gasteiger partial charge is 0.317 e. The van der Waals surface area contributed by atoms with Crippen molar-refractivity contribution < 1.29 is 14.3 Å². The van der Waals surface area contributed by atoms with Gasteiger partial charge in [0.15, 0.2) is 6.10 Å². The van der Waals surface area contributed by atoms with Gasteiger partial charge in [0, 0.05) is 12.6 Å². The number of carbonyl (C=O) groups is 2. The molecule has 1 aliphatic heterocycles. The number of urea groups is 1. The quantitative estimate of drug-likeness (QED) is 0.804. The van der Waals surface area contributed by atoms with Crippen LogP contribution in [0.3, 0.4) is 0 Å². The molecule has 0 aromatic carbocycles. The van der Waals surface area contributed by atoms with Gasteiger partial charge in [0.1, 0.15) is 0 Å². The van der Waals surface area contributed by atoms with Crippen LogP contribution in [-0.2, 0) is 9.53 Å². The number of morpholine rings is 1. The maximum atomic E-state index is 12.3. The molecule has 21 heavy (non-hydrogen) atoms. The largest absolute Gasteiger partial charge is 0.367 e. The van der Waals surface area contributed by atoms with Crippen LogP contribution in [0.4, 0.5) is 4.79 Å². The molecule has 3 fully saturated rings. The van der Waals surface area contributed by atoms with Gasteiger partial charge in [0.25, 0.3) is 0 Å². The van der Waals surface area contributed by atoms with Gasteiger partial charge in [0.2, 0.25) is 5.91 Å². The first-order valence-corrected chi connectivity index (χ1v) is 8.01. The van der Waals surface area contributed by atoms with Crippen LogP contribution in [0.5, 0.6) is 0 Å². The Kier molecular flexibility index (Phi) is 4.06. The van der Waals surface area contributed by atoms with E-state index in [1.165, 1.54) is 25.7 Å². The molecule has 1 heterocycles. The summed E-state index contributed by atoms with van der Waals surface area (Å²) in [5.41, 5.74) is 5.25. The van der Waals surface area contributed by atoms with E-state index in [1.54, 1.807) is 4.90 Å². The van der Waals surface area contributed by atoms with Crippen molar-refractivity contribution in [3.8, 4) is 0 Å². The Bertz CT molecular complexity index is 428. The summed E-state index contributed by atoms with van der Waals surface area (Å²) in [6.45, 7) is 3.24. The Hall–Kier alpha value is -1.30. The standard InChI is InChI=1S/C15H25N3O3/c1-9(12-7-10-2-3-11(12)6-10)17-15(20)18-4-5-21-13(8-18)14(16)19/h9-13H,2-8H2,1H3,(H2,16,19)(H,17,20)/t9-,10-,11-,12-,13+/m0/s1. The molecule has 0 radical (unpaired) electrons. The van der Waals surface area contributed by atoms with Crippen molar-refractivity contribution in [2.45, 2.75) is 44.8 Å². The van der Waals surface area contributed by atoms with Crippen molar-refractivity contribution in [3.63, 3.8) is 0 Å². The van der Waals surface area contributed by atoms with Crippen LogP contribution in [0.15, 0.2) is 0 Å². The van der Waals surface area contributed by atoms with Crippen LogP contribution in [0, 0.1) is 17.8 Å². The maximum absolute atomic E-state index is 12.3. The molecule has 3 aliphatic rings. The zero-order valence-electron chi connectivity index (χ0n) is 12.6. The van der Waals surface area contributed by atoms with Crippen LogP contribution in [0.2, 0.25) is 0 Å². The SMILES string of the molecule is C[C@H](NC(=O)N1CCO[C@@H](C(N)=O)C1)[C@@H]1C[C@H]2CC[C@H]1C2. The third-order valence-corrected chi connectivity index (χ3v) is 5.46. The van der Waals surface area contributed by atoms with Gasteiger partial charge in [-0.25, -0.2) is 4.79 Å². The lowest BCUT2D eigenvalue weighted by Crippen LogP contribution is -2.55. The monoisotopic (exact) mass is 295 g/mol. The number of ether oxygens (including phenoxy) is 1. The first-order valence-electron chi connectivity index (χ1n) is 8.01. The van der Waals surface area contributed by atoms with E-state index >= 15 is 0 Å². The number of amides is 3. The third kappa shape index (κ3) is 3.00. The zero-order chi connectivity index (χ0) is 15.0. The summed E-state index contributed by atoms with van der Waals surface area (Å²) in [7, 11) is 0. The average molecular weight is 295 g/mol. The van der Waals surface area contributed by atoms with Gasteiger partial charge in [-0.15, -0.1) is 0 Å². The molecule has 3 N–H and O–H groups in total. The number of hydrogen-bond donors (Lipinski definition) is 2. The molecular formula is C15H25N3O3. The highest BCUT2D eigenvalue weighted by molar-refractivity contribution is 5.81. The van der Waals surface area contributed by atoms with Gasteiger partial charge in [0.05, 0.1) is 13.2 Å². The number of nitrogens with zero attached hydrogens (tertiary/aromatic N) is 1. The van der Waals surface area contributed by atoms with Crippen molar-refractivity contribution in [2.75, 3.05) is 19.7 Å². The molecule has 5 atom stereocenters. The first kappa shape index (κ1) is 14.6. The predicted molar refractivity (Wildman–Crippen MR) is 77.4 cm³/mol. The van der Waals surface area contributed by atoms with Crippen molar-refractivity contribution in [2.24, 2.45) is 23.5 Å². The van der Waals surface area contributed by atoms with E-state index < -0.39 is 12.0 Å². The van der Waals surface area contributed by atoms with E-state index in [2.05, 4.69) is 12.2 Å². The molecule has 118 valence electrons. The lowest BCUT2D eigenvalue weighted by molar-refractivity contribution is -0.133. The molecule has 3 rings (SSSR count). The Morgan fingerprint density at radius 2 is 2.14 bits per heavy atom. The number of hydrogen-bond acceptors (Lipinski definition) is 3. The predicted octanol–water partition coefficient (Wildman–Crippen LogP) is 0.707. The average Bonchev–Trinajstić information content (AvgIpc) is 3.10. The fourth-order valence-electron chi connectivity index (χ4n) is 4.31. The summed E-state index contributed by atoms with van der Waals surface area (Å²) < 4.78 is 5.27. The van der Waals surface area contributed by atoms with Crippen LogP contribution in [0.1, 0.15) is 32.6 Å². The van der Waals surface area contributed by atoms with E-state index in [4.69, 9.17) is 10.5 Å². The number of nitrogens with two attached hydrogens (primary N) is 1. The molecule has 2 saturated carbocycles. The Morgan fingerprint density at radius 3 is 2.76 bits per heavy atom. The number of fused-ring (bicyclic) bond motifs is 2. The highest BCUT2D eigenvalue weighted by Crippen LogP contribution is 2.49. The van der Waals surface area contributed by atoms with Crippen LogP contribution in [0.25, 0.3) is 0 Å². The van der Waals surface area contributed by atoms with E-state index in [9.17, 15) is 9.59 Å². The molecule has 2 bridgehead atoms. The molecule has 0 unspecified atom stereocenters. The number of nitrogens with one attached hydrogen (secondary N) is 1. The van der Waals surface area contributed by atoms with E-state index in [0.29, 0.717) is 19.1 Å². The first-order chi connectivity index (χ1) is 10.0. The second-order valence-corrected chi connectivity index (χ2v) is 6.78. The summed E-state index contributed by atoms with van der Waals surface area (Å²) in [6.07, 6.45) is 4.59. The van der Waals surface area contributed by atoms with Crippen molar-refractivity contribution in [1.82, 2.24) is 10.2 Å². The van der Waals surface area contributed by atoms with Crippen LogP contribution >= 0.6 is 0 Å². The summed E-state index contributed by atoms with van der Waals surface area (Å²) in [4.78, 5) is 25.2. The third-order valence-electron chi connectivity index (χ3n) is 5.46. The van der Waals surface area contributed by atoms with Gasteiger partial charge in [-0.3, -0.25) is 4.79 Å². The minimum Gasteiger partial charge on any atom is -0.367 e. The number of primary amides is 1. The molecule has 6 heteroatoms. The number of carbonyl (C=O) groups excluding carboxylic acids is 2. The van der Waals surface area contributed by atoms with Gasteiger partial charge >= 0.3 is 6.03 Å². The normalized spacial score (nSPS) is 36.5. The molecule has 0 aromatic rings. The molecular weight excluding hydrogens is 270 g/mol. The Morgan fingerprint density at radius 1 is 1.33 bits per heavy atom. The van der Waals surface area contributed by atoms with Crippen LogP contribution in [-0.4, -0.2) is 48.7 Å². The summed E-state index contributed by atoms with van der Waals surface area (Å²) in [6, 6.07) is 0.0995. The van der Waals surface area contributed by atoms with Gasteiger partial charge in [-0.1, -0.05) is 6.42 Å². The molecule has 6 nitrogen and oxygen atoms in total. The van der Waals surface area contributed by atoms with Crippen LogP contribution < -0.4 is 11.1 Å². The van der Waals surface area contributed by atoms with Gasteiger partial charge in [-0.05, 0) is 43.9 Å². The highest BCUT2D eigenvalue weighted by Gasteiger charge is 2.42. The highest BCUT2D eigenvalue weighted by atomic mass is 16.5. The van der Waals surface area contributed by atoms with Crippen molar-refractivity contribution >= 4 is 11.9 Å². The van der Waals surface area contributed by atoms with Crippen molar-refractivity contribution in [3.05, 3.63) is 0 Å². The van der Waals surface area contributed by atoms with E-state index in [-0.39, 0.29) is 18.6 Å². The lowest BCUT2D eigenvalue weighted by atomic mass is 9.84. The number of rotatable bonds is 3. The molecule has 3 amide bonds. The fourth-order valence-corrected chi connectivity index (χ4v) is 4.31. The summed E-state index contributed by atoms with van der Waals surface area (Å²) >= 11 is 0. The van der Waals surface area contributed by atoms with Crippen molar-refractivity contribution in [1.29, 1.82) is 0 Å². The Balaban J connectivity index is 1.52. The minimum absolute atomic E-state index is 0.0974. The van der Waals surface area contributed by atoms with E-state index in [0.717, 1.165) is 11.8 Å². The van der Waals surface area contributed by atoms with E-state index in [1.807, 2.05) is 0 Å². The molecule has 1 saturated heterocycles. The summed E-state index contributed by atoms with van der Waals surface area (Å²) in [5, 5.41) is 3.12. The molecule has 0 aromatic heterocycles. The topological polar surface area (TPSA) is 84.7 Å².